The summed E-state index contributed by atoms with van der Waals surface area (Å²) in [6.07, 6.45) is 1.36. The number of carbonyl (C=O) groups excluding carboxylic acids is 1. The van der Waals surface area contributed by atoms with Crippen LogP contribution in [0.15, 0.2) is 64.1 Å². The van der Waals surface area contributed by atoms with E-state index in [1.807, 2.05) is 0 Å². The van der Waals surface area contributed by atoms with E-state index in [1.54, 1.807) is 12.1 Å². The van der Waals surface area contributed by atoms with Crippen LogP contribution in [0.3, 0.4) is 0 Å². The fourth-order valence-electron chi connectivity index (χ4n) is 2.41. The first-order valence-electron chi connectivity index (χ1n) is 8.12. The molecule has 1 heterocycles. The van der Waals surface area contributed by atoms with Gasteiger partial charge in [0.1, 0.15) is 17.3 Å². The van der Waals surface area contributed by atoms with E-state index in [0.29, 0.717) is 27.7 Å². The van der Waals surface area contributed by atoms with Gasteiger partial charge in [0, 0.05) is 5.56 Å². The van der Waals surface area contributed by atoms with E-state index < -0.39 is 5.97 Å². The maximum absolute atomic E-state index is 12.9. The Morgan fingerprint density at radius 3 is 2.61 bits per heavy atom. The minimum absolute atomic E-state index is 0.0542. The first-order chi connectivity index (χ1) is 13.4. The van der Waals surface area contributed by atoms with Crippen LogP contribution in [-0.2, 0) is 11.2 Å². The molecule has 6 nitrogen and oxygen atoms in total. The Morgan fingerprint density at radius 2 is 1.89 bits per heavy atom. The minimum atomic E-state index is -1.07. The van der Waals surface area contributed by atoms with Crippen molar-refractivity contribution in [2.24, 2.45) is 5.10 Å². The van der Waals surface area contributed by atoms with Gasteiger partial charge in [0.25, 0.3) is 0 Å². The Hall–Kier alpha value is -3.45. The fraction of sp³-hybridized carbons (Fsp3) is 0.0500. The molecule has 0 radical (unpaired) electrons. The van der Waals surface area contributed by atoms with E-state index in [-0.39, 0.29) is 23.7 Å². The first-order valence-corrected chi connectivity index (χ1v) is 8.49. The van der Waals surface area contributed by atoms with Crippen molar-refractivity contribution in [2.45, 2.75) is 6.42 Å². The van der Waals surface area contributed by atoms with Crippen LogP contribution in [0.4, 0.5) is 4.39 Å². The molecule has 28 heavy (non-hydrogen) atoms. The molecule has 0 fully saturated rings. The number of halogens is 2. The molecule has 0 saturated heterocycles. The summed E-state index contributed by atoms with van der Waals surface area (Å²) in [6, 6.07) is 13.1. The predicted octanol–water partition coefficient (Wildman–Crippen LogP) is 4.13. The van der Waals surface area contributed by atoms with Crippen molar-refractivity contribution < 1.29 is 23.5 Å². The third-order valence-electron chi connectivity index (χ3n) is 3.76. The van der Waals surface area contributed by atoms with Crippen LogP contribution in [0, 0.1) is 5.82 Å². The highest BCUT2D eigenvalue weighted by Crippen LogP contribution is 2.30. The van der Waals surface area contributed by atoms with Crippen molar-refractivity contribution in [3.05, 3.63) is 82.3 Å². The maximum Gasteiger partial charge on any atom is 0.335 e. The third-order valence-corrected chi connectivity index (χ3v) is 4.09. The van der Waals surface area contributed by atoms with Gasteiger partial charge in [0.15, 0.2) is 0 Å². The molecule has 0 aliphatic heterocycles. The van der Waals surface area contributed by atoms with Crippen LogP contribution >= 0.6 is 11.6 Å². The molecule has 142 valence electrons. The van der Waals surface area contributed by atoms with Crippen molar-refractivity contribution in [3.8, 4) is 11.3 Å². The van der Waals surface area contributed by atoms with E-state index in [4.69, 9.17) is 21.1 Å². The number of furan rings is 1. The summed E-state index contributed by atoms with van der Waals surface area (Å²) in [6.45, 7) is 0. The number of carbonyl (C=O) groups is 2. The number of carboxylic acid groups (broad SMARTS) is 1. The van der Waals surface area contributed by atoms with Crippen molar-refractivity contribution in [3.63, 3.8) is 0 Å². The quantitative estimate of drug-likeness (QED) is 0.480. The summed E-state index contributed by atoms with van der Waals surface area (Å²) in [5.41, 5.74) is 3.52. The molecule has 0 aliphatic rings. The molecular formula is C20H14ClFN2O4. The van der Waals surface area contributed by atoms with Gasteiger partial charge in [-0.15, -0.1) is 0 Å². The Kier molecular flexibility index (Phi) is 5.86. The highest BCUT2D eigenvalue weighted by atomic mass is 35.5. The van der Waals surface area contributed by atoms with Crippen molar-refractivity contribution >= 4 is 29.7 Å². The number of hydrogen-bond donors (Lipinski definition) is 2. The summed E-state index contributed by atoms with van der Waals surface area (Å²) in [5.74, 6) is -1.10. The number of carboxylic acids is 1. The normalized spacial score (nSPS) is 10.9. The van der Waals surface area contributed by atoms with Gasteiger partial charge in [-0.25, -0.2) is 14.6 Å². The molecule has 0 bridgehead atoms. The minimum Gasteiger partial charge on any atom is -0.478 e. The Balaban J connectivity index is 1.64. The number of amides is 1. The van der Waals surface area contributed by atoms with E-state index in [9.17, 15) is 14.0 Å². The summed E-state index contributed by atoms with van der Waals surface area (Å²) >= 11 is 6.11. The van der Waals surface area contributed by atoms with Gasteiger partial charge >= 0.3 is 5.97 Å². The van der Waals surface area contributed by atoms with Crippen LogP contribution in [0.25, 0.3) is 11.3 Å². The second-order valence-corrected chi connectivity index (χ2v) is 6.21. The molecule has 0 saturated carbocycles. The zero-order chi connectivity index (χ0) is 20.1. The monoisotopic (exact) mass is 400 g/mol. The molecule has 2 N–H and O–H groups in total. The lowest BCUT2D eigenvalue weighted by Crippen LogP contribution is -2.19. The molecule has 3 aromatic rings. The van der Waals surface area contributed by atoms with Gasteiger partial charge in [-0.05, 0) is 48.0 Å². The average Bonchev–Trinajstić information content (AvgIpc) is 3.12. The van der Waals surface area contributed by atoms with Crippen molar-refractivity contribution in [1.29, 1.82) is 0 Å². The zero-order valence-electron chi connectivity index (χ0n) is 14.4. The summed E-state index contributed by atoms with van der Waals surface area (Å²) < 4.78 is 18.4. The van der Waals surface area contributed by atoms with E-state index in [2.05, 4.69) is 10.5 Å². The van der Waals surface area contributed by atoms with E-state index in [0.717, 1.165) is 0 Å². The zero-order valence-corrected chi connectivity index (χ0v) is 15.1. The maximum atomic E-state index is 12.9. The Bertz CT molecular complexity index is 1040. The third kappa shape index (κ3) is 4.83. The lowest BCUT2D eigenvalue weighted by molar-refractivity contribution is -0.120. The summed E-state index contributed by atoms with van der Waals surface area (Å²) in [4.78, 5) is 22.9. The fourth-order valence-corrected chi connectivity index (χ4v) is 2.62. The highest BCUT2D eigenvalue weighted by molar-refractivity contribution is 6.33. The van der Waals surface area contributed by atoms with Gasteiger partial charge in [-0.1, -0.05) is 23.7 Å². The number of nitrogens with one attached hydrogen (secondary N) is 1. The largest absolute Gasteiger partial charge is 0.478 e. The van der Waals surface area contributed by atoms with E-state index in [1.165, 1.54) is 48.7 Å². The van der Waals surface area contributed by atoms with Crippen LogP contribution in [0.1, 0.15) is 21.7 Å². The number of hydrogen-bond acceptors (Lipinski definition) is 4. The Morgan fingerprint density at radius 1 is 1.14 bits per heavy atom. The number of benzene rings is 2. The van der Waals surface area contributed by atoms with Crippen LogP contribution in [0.5, 0.6) is 0 Å². The number of nitrogens with zero attached hydrogens (tertiary/aromatic N) is 1. The predicted molar refractivity (Wildman–Crippen MR) is 102 cm³/mol. The highest BCUT2D eigenvalue weighted by Gasteiger charge is 2.12. The standard InChI is InChI=1S/C20H14ClFN2O4/c21-17-7-3-13(20(26)27)10-16(17)18-8-6-15(28-18)11-23-24-19(25)9-12-1-4-14(22)5-2-12/h1-8,10-11H,9H2,(H,24,25)(H,26,27)/b23-11+. The molecule has 3 rings (SSSR count). The lowest BCUT2D eigenvalue weighted by Gasteiger charge is -2.02. The Labute approximate surface area is 164 Å². The molecule has 2 aromatic carbocycles. The van der Waals surface area contributed by atoms with E-state index >= 15 is 0 Å². The molecular weight excluding hydrogens is 387 g/mol. The van der Waals surface area contributed by atoms with Gasteiger partial charge < -0.3 is 9.52 Å². The van der Waals surface area contributed by atoms with Crippen LogP contribution in [0.2, 0.25) is 5.02 Å². The van der Waals surface area contributed by atoms with Crippen LogP contribution < -0.4 is 5.43 Å². The summed E-state index contributed by atoms with van der Waals surface area (Å²) in [5, 5.41) is 13.2. The van der Waals surface area contributed by atoms with Crippen molar-refractivity contribution in [1.82, 2.24) is 5.43 Å². The SMILES string of the molecule is O=C(Cc1ccc(F)cc1)N/N=C/c1ccc(-c2cc(C(=O)O)ccc2Cl)o1. The van der Waals surface area contributed by atoms with Gasteiger partial charge in [0.2, 0.25) is 5.91 Å². The van der Waals surface area contributed by atoms with Gasteiger partial charge in [0.05, 0.1) is 23.2 Å². The molecule has 0 atom stereocenters. The first kappa shape index (κ1) is 19.3. The second-order valence-electron chi connectivity index (χ2n) is 5.80. The van der Waals surface area contributed by atoms with Crippen molar-refractivity contribution in [2.75, 3.05) is 0 Å². The molecule has 1 amide bonds. The lowest BCUT2D eigenvalue weighted by atomic mass is 10.1. The topological polar surface area (TPSA) is 91.9 Å². The molecule has 0 spiro atoms. The number of hydrazone groups is 1. The summed E-state index contributed by atoms with van der Waals surface area (Å²) in [7, 11) is 0. The molecule has 0 aliphatic carbocycles. The van der Waals surface area contributed by atoms with Gasteiger partial charge in [-0.3, -0.25) is 4.79 Å². The second kappa shape index (κ2) is 8.49. The molecule has 1 aromatic heterocycles. The number of rotatable bonds is 6. The smallest absolute Gasteiger partial charge is 0.335 e. The average molecular weight is 401 g/mol. The number of aromatic carboxylic acids is 1. The molecule has 0 unspecified atom stereocenters. The van der Waals surface area contributed by atoms with Gasteiger partial charge in [-0.2, -0.15) is 5.10 Å². The molecule has 8 heteroatoms. The van der Waals surface area contributed by atoms with Crippen LogP contribution in [-0.4, -0.2) is 23.2 Å².